The highest BCUT2D eigenvalue weighted by Crippen LogP contribution is 2.49. The number of hydrogen-bond acceptors (Lipinski definition) is 5. The molecule has 1 saturated heterocycles. The second kappa shape index (κ2) is 6.04. The molecule has 1 saturated carbocycles. The van der Waals surface area contributed by atoms with E-state index in [9.17, 15) is 13.2 Å². The maximum absolute atomic E-state index is 12.9. The van der Waals surface area contributed by atoms with E-state index >= 15 is 0 Å². The van der Waals surface area contributed by atoms with Gasteiger partial charge in [0.25, 0.3) is 16.0 Å². The Balaban J connectivity index is 2.12. The molecule has 1 aliphatic carbocycles. The predicted octanol–water partition coefficient (Wildman–Crippen LogP) is 1.69. The summed E-state index contributed by atoms with van der Waals surface area (Å²) in [5.74, 6) is 0.424. The zero-order chi connectivity index (χ0) is 17.5. The Labute approximate surface area is 142 Å². The lowest BCUT2D eigenvalue weighted by Crippen LogP contribution is -2.63. The molecule has 1 aromatic carbocycles. The summed E-state index contributed by atoms with van der Waals surface area (Å²) < 4.78 is 34.2. The molecule has 1 heterocycles. The van der Waals surface area contributed by atoms with Crippen molar-refractivity contribution in [3.63, 3.8) is 0 Å². The van der Waals surface area contributed by atoms with Gasteiger partial charge in [-0.1, -0.05) is 18.6 Å². The second-order valence-corrected chi connectivity index (χ2v) is 8.37. The Morgan fingerprint density at radius 1 is 1.33 bits per heavy atom. The maximum atomic E-state index is 12.9. The van der Waals surface area contributed by atoms with Crippen molar-refractivity contribution in [3.05, 3.63) is 29.8 Å². The molecular formula is C17H23NO5S. The molecule has 6 nitrogen and oxygen atoms in total. The van der Waals surface area contributed by atoms with E-state index in [1.807, 2.05) is 24.3 Å². The fraction of sp³-hybridized carbons (Fsp3) is 0.588. The summed E-state index contributed by atoms with van der Waals surface area (Å²) in [7, 11) is -0.440. The first-order valence-corrected chi connectivity index (χ1v) is 9.88. The van der Waals surface area contributed by atoms with Gasteiger partial charge in [0.15, 0.2) is 6.10 Å². The van der Waals surface area contributed by atoms with Crippen LogP contribution in [0.5, 0.6) is 5.75 Å². The summed E-state index contributed by atoms with van der Waals surface area (Å²) in [6.07, 6.45) is 3.23. The maximum Gasteiger partial charge on any atom is 0.265 e. The van der Waals surface area contributed by atoms with Gasteiger partial charge in [0.2, 0.25) is 0 Å². The smallest absolute Gasteiger partial charge is 0.265 e. The minimum Gasteiger partial charge on any atom is -0.497 e. The van der Waals surface area contributed by atoms with E-state index < -0.39 is 21.6 Å². The third kappa shape index (κ3) is 2.91. The SMILES string of the molecule is COc1cccc([C@@]23CCC[C@@H](C2)N(C)C(=O)[C@@H]3OS(C)(=O)=O)c1. The number of amides is 1. The van der Waals surface area contributed by atoms with E-state index in [4.69, 9.17) is 8.92 Å². The molecule has 0 unspecified atom stereocenters. The van der Waals surface area contributed by atoms with E-state index in [2.05, 4.69) is 0 Å². The van der Waals surface area contributed by atoms with Crippen molar-refractivity contribution in [1.29, 1.82) is 0 Å². The first-order chi connectivity index (χ1) is 11.3. The Morgan fingerprint density at radius 2 is 2.08 bits per heavy atom. The Morgan fingerprint density at radius 3 is 2.75 bits per heavy atom. The van der Waals surface area contributed by atoms with E-state index in [0.717, 1.165) is 31.1 Å². The number of likely N-dealkylation sites (tertiary alicyclic amines) is 1. The minimum atomic E-state index is -3.76. The highest BCUT2D eigenvalue weighted by Gasteiger charge is 2.55. The minimum absolute atomic E-state index is 0.108. The monoisotopic (exact) mass is 353 g/mol. The Hall–Kier alpha value is -1.60. The summed E-state index contributed by atoms with van der Waals surface area (Å²) in [6.45, 7) is 0. The van der Waals surface area contributed by atoms with Crippen LogP contribution in [0.1, 0.15) is 31.2 Å². The zero-order valence-corrected chi connectivity index (χ0v) is 15.0. The molecular weight excluding hydrogens is 330 g/mol. The van der Waals surface area contributed by atoms with Crippen LogP contribution in [0.4, 0.5) is 0 Å². The van der Waals surface area contributed by atoms with Gasteiger partial charge in [0.05, 0.1) is 13.4 Å². The van der Waals surface area contributed by atoms with E-state index in [1.54, 1.807) is 19.1 Å². The summed E-state index contributed by atoms with van der Waals surface area (Å²) in [4.78, 5) is 14.5. The molecule has 0 N–H and O–H groups in total. The van der Waals surface area contributed by atoms with Gasteiger partial charge in [-0.15, -0.1) is 0 Å². The second-order valence-electron chi connectivity index (χ2n) is 6.77. The topological polar surface area (TPSA) is 72.9 Å². The standard InChI is InChI=1S/C17H23NO5S/c1-18-13-7-5-9-17(11-13,12-6-4-8-14(10-12)22-2)15(16(18)19)23-24(3,20)21/h4,6,8,10,13,15H,5,7,9,11H2,1-3H3/t13-,15-,17+/m0/s1. The van der Waals surface area contributed by atoms with Crippen molar-refractivity contribution in [2.75, 3.05) is 20.4 Å². The lowest BCUT2D eigenvalue weighted by molar-refractivity contribution is -0.153. The number of methoxy groups -OCH3 is 1. The van der Waals surface area contributed by atoms with Gasteiger partial charge in [-0.05, 0) is 37.0 Å². The number of nitrogens with zero attached hydrogens (tertiary/aromatic N) is 1. The number of hydrogen-bond donors (Lipinski definition) is 0. The molecule has 2 aliphatic rings. The van der Waals surface area contributed by atoms with Gasteiger partial charge < -0.3 is 9.64 Å². The van der Waals surface area contributed by atoms with Gasteiger partial charge in [0, 0.05) is 18.5 Å². The van der Waals surface area contributed by atoms with Crippen molar-refractivity contribution in [1.82, 2.24) is 4.90 Å². The first-order valence-electron chi connectivity index (χ1n) is 8.06. The lowest BCUT2D eigenvalue weighted by atomic mass is 9.61. The third-order valence-electron chi connectivity index (χ3n) is 5.30. The summed E-state index contributed by atoms with van der Waals surface area (Å²) in [5.41, 5.74) is 0.270. The molecule has 1 amide bonds. The number of rotatable bonds is 4. The Bertz CT molecular complexity index is 747. The van der Waals surface area contributed by atoms with Crippen LogP contribution in [0.3, 0.4) is 0 Å². The molecule has 2 fully saturated rings. The van der Waals surface area contributed by atoms with Gasteiger partial charge in [-0.25, -0.2) is 0 Å². The van der Waals surface area contributed by atoms with Crippen LogP contribution >= 0.6 is 0 Å². The van der Waals surface area contributed by atoms with Crippen LogP contribution in [0.2, 0.25) is 0 Å². The highest BCUT2D eigenvalue weighted by atomic mass is 32.2. The number of piperidine rings is 1. The molecule has 1 aromatic rings. The molecule has 3 atom stereocenters. The van der Waals surface area contributed by atoms with E-state index in [-0.39, 0.29) is 11.9 Å². The quantitative estimate of drug-likeness (QED) is 0.770. The third-order valence-corrected chi connectivity index (χ3v) is 5.84. The molecule has 0 radical (unpaired) electrons. The molecule has 7 heteroatoms. The van der Waals surface area contributed by atoms with Gasteiger partial charge in [-0.3, -0.25) is 8.98 Å². The van der Waals surface area contributed by atoms with Crippen LogP contribution in [0.15, 0.2) is 24.3 Å². The highest BCUT2D eigenvalue weighted by molar-refractivity contribution is 7.86. The van der Waals surface area contributed by atoms with Gasteiger partial charge >= 0.3 is 0 Å². The van der Waals surface area contributed by atoms with E-state index in [1.165, 1.54) is 0 Å². The average molecular weight is 353 g/mol. The van der Waals surface area contributed by atoms with Crippen molar-refractivity contribution in [3.8, 4) is 5.75 Å². The number of likely N-dealkylation sites (N-methyl/N-ethyl adjacent to an activating group) is 1. The number of carbonyl (C=O) groups excluding carboxylic acids is 1. The van der Waals surface area contributed by atoms with Crippen molar-refractivity contribution < 1.29 is 22.1 Å². The molecule has 24 heavy (non-hydrogen) atoms. The van der Waals surface area contributed by atoms with Crippen LogP contribution in [-0.4, -0.2) is 51.8 Å². The van der Waals surface area contributed by atoms with Crippen LogP contribution in [-0.2, 0) is 24.5 Å². The largest absolute Gasteiger partial charge is 0.497 e. The molecule has 132 valence electrons. The molecule has 3 rings (SSSR count). The Kier molecular flexibility index (Phi) is 4.34. The normalized spacial score (nSPS) is 30.3. The average Bonchev–Trinajstić information content (AvgIpc) is 2.56. The van der Waals surface area contributed by atoms with Crippen LogP contribution < -0.4 is 4.74 Å². The molecule has 2 bridgehead atoms. The number of carbonyl (C=O) groups is 1. The molecule has 0 aromatic heterocycles. The number of fused-ring (bicyclic) bond motifs is 2. The summed E-state index contributed by atoms with van der Waals surface area (Å²) in [6, 6.07) is 7.63. The number of benzene rings is 1. The van der Waals surface area contributed by atoms with Crippen molar-refractivity contribution >= 4 is 16.0 Å². The van der Waals surface area contributed by atoms with Crippen molar-refractivity contribution in [2.45, 2.75) is 43.2 Å². The first kappa shape index (κ1) is 17.2. The van der Waals surface area contributed by atoms with Crippen molar-refractivity contribution in [2.24, 2.45) is 0 Å². The van der Waals surface area contributed by atoms with Gasteiger partial charge in [-0.2, -0.15) is 8.42 Å². The number of ether oxygens (including phenoxy) is 1. The van der Waals surface area contributed by atoms with Crippen LogP contribution in [0.25, 0.3) is 0 Å². The van der Waals surface area contributed by atoms with E-state index in [0.29, 0.717) is 12.2 Å². The lowest BCUT2D eigenvalue weighted by Gasteiger charge is -2.52. The zero-order valence-electron chi connectivity index (χ0n) is 14.2. The fourth-order valence-electron chi connectivity index (χ4n) is 4.10. The predicted molar refractivity (Wildman–Crippen MR) is 89.4 cm³/mol. The summed E-state index contributed by atoms with van der Waals surface area (Å²) >= 11 is 0. The van der Waals surface area contributed by atoms with Gasteiger partial charge in [0.1, 0.15) is 5.75 Å². The van der Waals surface area contributed by atoms with Crippen LogP contribution in [0, 0.1) is 0 Å². The summed E-state index contributed by atoms with van der Waals surface area (Å²) in [5, 5.41) is 0. The molecule has 0 spiro atoms. The fourth-order valence-corrected chi connectivity index (χ4v) is 4.72. The molecule has 1 aliphatic heterocycles.